The van der Waals surface area contributed by atoms with Crippen molar-refractivity contribution in [3.05, 3.63) is 35.9 Å². The maximum atomic E-state index is 12.0. The Balaban J connectivity index is 2.08. The summed E-state index contributed by atoms with van der Waals surface area (Å²) in [5, 5.41) is 6.90. The predicted molar refractivity (Wildman–Crippen MR) is 70.4 cm³/mol. The number of carbonyl (C=O) groups is 1. The van der Waals surface area contributed by atoms with Gasteiger partial charge in [0.15, 0.2) is 0 Å². The monoisotopic (exact) mass is 246 g/mol. The van der Waals surface area contributed by atoms with Crippen molar-refractivity contribution in [1.29, 1.82) is 0 Å². The summed E-state index contributed by atoms with van der Waals surface area (Å²) in [6, 6.07) is 9.87. The number of carbonyl (C=O) groups excluding carboxylic acids is 1. The predicted octanol–water partition coefficient (Wildman–Crippen LogP) is 2.09. The van der Waals surface area contributed by atoms with Crippen LogP contribution in [0.15, 0.2) is 35.5 Å². The number of nitrogens with zero attached hydrogens (tertiary/aromatic N) is 1. The Morgan fingerprint density at radius 1 is 1.39 bits per heavy atom. The SMILES string of the molecule is CC(C)NC(=O)[C@]1(C)CC(c2ccccc2)=NO1. The zero-order valence-electron chi connectivity index (χ0n) is 10.9. The van der Waals surface area contributed by atoms with Crippen molar-refractivity contribution in [1.82, 2.24) is 5.32 Å². The summed E-state index contributed by atoms with van der Waals surface area (Å²) in [6.07, 6.45) is 0.496. The Bertz CT molecular complexity index is 468. The minimum atomic E-state index is -0.893. The molecular formula is C14H18N2O2. The van der Waals surface area contributed by atoms with Crippen LogP contribution in [0.5, 0.6) is 0 Å². The number of hydrogen-bond donors (Lipinski definition) is 1. The number of rotatable bonds is 3. The average molecular weight is 246 g/mol. The molecule has 1 heterocycles. The van der Waals surface area contributed by atoms with Crippen molar-refractivity contribution in [2.75, 3.05) is 0 Å². The molecule has 4 nitrogen and oxygen atoms in total. The van der Waals surface area contributed by atoms with Crippen molar-refractivity contribution >= 4 is 11.6 Å². The molecule has 2 rings (SSSR count). The fourth-order valence-corrected chi connectivity index (χ4v) is 1.86. The van der Waals surface area contributed by atoms with Gasteiger partial charge in [-0.3, -0.25) is 4.79 Å². The van der Waals surface area contributed by atoms with Gasteiger partial charge >= 0.3 is 0 Å². The first-order chi connectivity index (χ1) is 8.51. The molecule has 0 bridgehead atoms. The third-order valence-electron chi connectivity index (χ3n) is 2.87. The van der Waals surface area contributed by atoms with Crippen LogP contribution in [0.2, 0.25) is 0 Å². The average Bonchev–Trinajstić information content (AvgIpc) is 2.74. The minimum absolute atomic E-state index is 0.0960. The first-order valence-electron chi connectivity index (χ1n) is 6.13. The lowest BCUT2D eigenvalue weighted by Gasteiger charge is -2.21. The first-order valence-corrected chi connectivity index (χ1v) is 6.13. The maximum Gasteiger partial charge on any atom is 0.267 e. The maximum absolute atomic E-state index is 12.0. The molecule has 1 aromatic rings. The minimum Gasteiger partial charge on any atom is -0.379 e. The second-order valence-corrected chi connectivity index (χ2v) is 5.03. The van der Waals surface area contributed by atoms with E-state index >= 15 is 0 Å². The van der Waals surface area contributed by atoms with Crippen LogP contribution < -0.4 is 5.32 Å². The molecule has 0 saturated heterocycles. The van der Waals surface area contributed by atoms with Crippen LogP contribution in [-0.4, -0.2) is 23.3 Å². The van der Waals surface area contributed by atoms with E-state index in [-0.39, 0.29) is 11.9 Å². The summed E-state index contributed by atoms with van der Waals surface area (Å²) in [5.41, 5.74) is 0.922. The van der Waals surface area contributed by atoms with E-state index in [4.69, 9.17) is 4.84 Å². The Kier molecular flexibility index (Phi) is 3.36. The molecule has 1 aromatic carbocycles. The second kappa shape index (κ2) is 4.80. The highest BCUT2D eigenvalue weighted by molar-refractivity contribution is 6.05. The van der Waals surface area contributed by atoms with Gasteiger partial charge in [-0.2, -0.15) is 0 Å². The van der Waals surface area contributed by atoms with E-state index in [0.717, 1.165) is 11.3 Å². The van der Waals surface area contributed by atoms with Gasteiger partial charge < -0.3 is 10.2 Å². The van der Waals surface area contributed by atoms with Crippen molar-refractivity contribution in [2.45, 2.75) is 38.8 Å². The van der Waals surface area contributed by atoms with Gasteiger partial charge in [0.1, 0.15) is 0 Å². The largest absolute Gasteiger partial charge is 0.379 e. The lowest BCUT2D eigenvalue weighted by atomic mass is 9.95. The molecule has 0 radical (unpaired) electrons. The van der Waals surface area contributed by atoms with E-state index < -0.39 is 5.60 Å². The van der Waals surface area contributed by atoms with E-state index in [9.17, 15) is 4.79 Å². The molecule has 1 atom stereocenters. The van der Waals surface area contributed by atoms with Crippen molar-refractivity contribution in [3.8, 4) is 0 Å². The van der Waals surface area contributed by atoms with E-state index in [1.165, 1.54) is 0 Å². The molecule has 1 N–H and O–H groups in total. The van der Waals surface area contributed by atoms with E-state index in [2.05, 4.69) is 10.5 Å². The standard InChI is InChI=1S/C14H18N2O2/c1-10(2)15-13(17)14(3)9-12(16-18-14)11-7-5-4-6-8-11/h4-8,10H,9H2,1-3H3,(H,15,17)/t14-/m0/s1. The lowest BCUT2D eigenvalue weighted by molar-refractivity contribution is -0.142. The quantitative estimate of drug-likeness (QED) is 0.887. The van der Waals surface area contributed by atoms with E-state index in [0.29, 0.717) is 6.42 Å². The molecule has 18 heavy (non-hydrogen) atoms. The molecule has 0 aromatic heterocycles. The normalized spacial score (nSPS) is 22.6. The molecule has 1 amide bonds. The van der Waals surface area contributed by atoms with Crippen molar-refractivity contribution in [3.63, 3.8) is 0 Å². The van der Waals surface area contributed by atoms with Gasteiger partial charge in [0.2, 0.25) is 5.60 Å². The van der Waals surface area contributed by atoms with Gasteiger partial charge in [-0.25, -0.2) is 0 Å². The Morgan fingerprint density at radius 2 is 2.06 bits per heavy atom. The number of hydrogen-bond acceptors (Lipinski definition) is 3. The van der Waals surface area contributed by atoms with Gasteiger partial charge in [-0.05, 0) is 26.3 Å². The highest BCUT2D eigenvalue weighted by Crippen LogP contribution is 2.26. The summed E-state index contributed by atoms with van der Waals surface area (Å²) < 4.78 is 0. The van der Waals surface area contributed by atoms with Crippen molar-refractivity contribution < 1.29 is 9.63 Å². The summed E-state index contributed by atoms with van der Waals surface area (Å²) in [5.74, 6) is -0.118. The molecule has 0 aliphatic carbocycles. The van der Waals surface area contributed by atoms with Gasteiger partial charge in [0.25, 0.3) is 5.91 Å². The molecule has 96 valence electrons. The fraction of sp³-hybridized carbons (Fsp3) is 0.429. The van der Waals surface area contributed by atoms with Crippen LogP contribution >= 0.6 is 0 Å². The zero-order chi connectivity index (χ0) is 13.2. The summed E-state index contributed by atoms with van der Waals surface area (Å²) >= 11 is 0. The summed E-state index contributed by atoms with van der Waals surface area (Å²) in [6.45, 7) is 5.62. The highest BCUT2D eigenvalue weighted by Gasteiger charge is 2.42. The topological polar surface area (TPSA) is 50.7 Å². The Morgan fingerprint density at radius 3 is 2.67 bits per heavy atom. The molecule has 0 unspecified atom stereocenters. The number of benzene rings is 1. The molecule has 1 aliphatic rings. The molecule has 4 heteroatoms. The molecule has 1 aliphatic heterocycles. The zero-order valence-corrected chi connectivity index (χ0v) is 10.9. The van der Waals surface area contributed by atoms with Gasteiger partial charge in [0.05, 0.1) is 5.71 Å². The molecular weight excluding hydrogens is 228 g/mol. The first kappa shape index (κ1) is 12.6. The Hall–Kier alpha value is -1.84. The third kappa shape index (κ3) is 2.53. The van der Waals surface area contributed by atoms with Gasteiger partial charge in [-0.1, -0.05) is 35.5 Å². The van der Waals surface area contributed by atoms with Crippen LogP contribution in [0.4, 0.5) is 0 Å². The third-order valence-corrected chi connectivity index (χ3v) is 2.87. The number of nitrogens with one attached hydrogen (secondary N) is 1. The molecule has 0 saturated carbocycles. The number of amides is 1. The molecule has 0 spiro atoms. The Labute approximate surface area is 107 Å². The van der Waals surface area contributed by atoms with Crippen LogP contribution in [0.1, 0.15) is 32.8 Å². The highest BCUT2D eigenvalue weighted by atomic mass is 16.7. The van der Waals surface area contributed by atoms with E-state index in [1.54, 1.807) is 6.92 Å². The van der Waals surface area contributed by atoms with Crippen molar-refractivity contribution in [2.24, 2.45) is 5.16 Å². The lowest BCUT2D eigenvalue weighted by Crippen LogP contribution is -2.47. The van der Waals surface area contributed by atoms with Gasteiger partial charge in [0, 0.05) is 12.5 Å². The fourth-order valence-electron chi connectivity index (χ4n) is 1.86. The number of oxime groups is 1. The van der Waals surface area contributed by atoms with Gasteiger partial charge in [-0.15, -0.1) is 0 Å². The summed E-state index contributed by atoms with van der Waals surface area (Å²) in [4.78, 5) is 17.4. The van der Waals surface area contributed by atoms with Crippen LogP contribution in [-0.2, 0) is 9.63 Å². The van der Waals surface area contributed by atoms with E-state index in [1.807, 2.05) is 44.2 Å². The smallest absolute Gasteiger partial charge is 0.267 e. The van der Waals surface area contributed by atoms with Crippen LogP contribution in [0.25, 0.3) is 0 Å². The summed E-state index contributed by atoms with van der Waals surface area (Å²) in [7, 11) is 0. The van der Waals surface area contributed by atoms with Crippen LogP contribution in [0.3, 0.4) is 0 Å². The molecule has 0 fully saturated rings. The second-order valence-electron chi connectivity index (χ2n) is 5.03. The van der Waals surface area contributed by atoms with Crippen LogP contribution in [0, 0.1) is 0 Å².